The molecule has 2 aliphatic rings. The van der Waals surface area contributed by atoms with Gasteiger partial charge in [-0.25, -0.2) is 0 Å². The van der Waals surface area contributed by atoms with Crippen LogP contribution >= 0.6 is 0 Å². The Morgan fingerprint density at radius 2 is 0.800 bits per heavy atom. The molecule has 6 heteroatoms. The first-order chi connectivity index (χ1) is 12.1. The first-order valence-corrected chi connectivity index (χ1v) is 8.00. The summed E-state index contributed by atoms with van der Waals surface area (Å²) in [7, 11) is 0. The fourth-order valence-electron chi connectivity index (χ4n) is 3.27. The summed E-state index contributed by atoms with van der Waals surface area (Å²) in [5, 5.41) is 0. The zero-order valence-electron chi connectivity index (χ0n) is 13.3. The van der Waals surface area contributed by atoms with Gasteiger partial charge in [-0.3, -0.25) is 29.0 Å². The van der Waals surface area contributed by atoms with Crippen molar-refractivity contribution < 1.29 is 19.2 Å². The summed E-state index contributed by atoms with van der Waals surface area (Å²) < 4.78 is 0. The third-order valence-electron chi connectivity index (χ3n) is 4.52. The molecule has 0 radical (unpaired) electrons. The zero-order valence-corrected chi connectivity index (χ0v) is 13.3. The monoisotopic (exact) mass is 334 g/mol. The Bertz CT molecular complexity index is 789. The van der Waals surface area contributed by atoms with Crippen molar-refractivity contribution in [3.8, 4) is 0 Å². The highest BCUT2D eigenvalue weighted by Crippen LogP contribution is 2.24. The maximum absolute atomic E-state index is 13.0. The summed E-state index contributed by atoms with van der Waals surface area (Å²) in [5.74, 6) is -2.06. The number of benzene rings is 2. The predicted octanol–water partition coefficient (Wildman–Crippen LogP) is 1.97. The number of hydrogen-bond donors (Lipinski definition) is 0. The van der Waals surface area contributed by atoms with Crippen molar-refractivity contribution in [1.82, 2.24) is 9.80 Å². The number of hydrogen-bond acceptors (Lipinski definition) is 4. The average molecular weight is 334 g/mol. The first kappa shape index (κ1) is 15.3. The molecule has 124 valence electrons. The van der Waals surface area contributed by atoms with E-state index in [-0.39, 0.29) is 35.3 Å². The van der Waals surface area contributed by atoms with Crippen LogP contribution in [0.3, 0.4) is 0 Å². The average Bonchev–Trinajstić information content (AvgIpc) is 2.73. The molecule has 0 aliphatic carbocycles. The Hall–Kier alpha value is -3.28. The van der Waals surface area contributed by atoms with Crippen LogP contribution in [-0.2, 0) is 0 Å². The van der Waals surface area contributed by atoms with Gasteiger partial charge in [0.15, 0.2) is 0 Å². The molecule has 2 aromatic carbocycles. The lowest BCUT2D eigenvalue weighted by atomic mass is 10.0. The van der Waals surface area contributed by atoms with E-state index in [1.165, 1.54) is 24.3 Å². The Morgan fingerprint density at radius 3 is 1.08 bits per heavy atom. The molecule has 0 spiro atoms. The van der Waals surface area contributed by atoms with E-state index < -0.39 is 23.6 Å². The summed E-state index contributed by atoms with van der Waals surface area (Å²) >= 11 is 0. The van der Waals surface area contributed by atoms with Crippen molar-refractivity contribution >= 4 is 23.6 Å². The fourth-order valence-corrected chi connectivity index (χ4v) is 3.27. The highest BCUT2D eigenvalue weighted by molar-refractivity contribution is 6.22. The standard InChI is InChI=1S/C19H14N2O4/c22-16-12-6-1-2-7-13(12)17(23)21-11-5-10-20(16)18(24)14-8-3-4-9-15(14)19(21)25/h1-4,6-9H,5,10-11H2. The van der Waals surface area contributed by atoms with E-state index in [4.69, 9.17) is 0 Å². The van der Waals surface area contributed by atoms with E-state index in [0.717, 1.165) is 9.80 Å². The molecule has 2 heterocycles. The van der Waals surface area contributed by atoms with Crippen LogP contribution < -0.4 is 0 Å². The molecule has 0 atom stereocenters. The van der Waals surface area contributed by atoms with Crippen LogP contribution in [0, 0.1) is 0 Å². The van der Waals surface area contributed by atoms with Crippen molar-refractivity contribution in [3.05, 3.63) is 70.8 Å². The predicted molar refractivity (Wildman–Crippen MR) is 88.2 cm³/mol. The third kappa shape index (κ3) is 2.26. The molecule has 25 heavy (non-hydrogen) atoms. The van der Waals surface area contributed by atoms with Gasteiger partial charge < -0.3 is 0 Å². The van der Waals surface area contributed by atoms with Crippen LogP contribution in [0.25, 0.3) is 0 Å². The summed E-state index contributed by atoms with van der Waals surface area (Å²) in [6, 6.07) is 12.6. The van der Waals surface area contributed by atoms with Crippen molar-refractivity contribution in [2.45, 2.75) is 6.42 Å². The van der Waals surface area contributed by atoms with E-state index in [0.29, 0.717) is 6.42 Å². The van der Waals surface area contributed by atoms with Crippen molar-refractivity contribution in [1.29, 1.82) is 0 Å². The van der Waals surface area contributed by atoms with Crippen LogP contribution in [0.1, 0.15) is 47.9 Å². The molecule has 4 rings (SSSR count). The zero-order chi connectivity index (χ0) is 17.6. The maximum atomic E-state index is 13.0. The van der Waals surface area contributed by atoms with E-state index in [1.54, 1.807) is 24.3 Å². The SMILES string of the molecule is O=C1c2ccccc2C(=O)N2CCCN1C(=O)c1ccccc1C2=O. The minimum Gasteiger partial charge on any atom is -0.274 e. The second-order valence-electron chi connectivity index (χ2n) is 5.97. The largest absolute Gasteiger partial charge is 0.274 e. The molecule has 0 saturated heterocycles. The van der Waals surface area contributed by atoms with Gasteiger partial charge in [-0.1, -0.05) is 24.3 Å². The summed E-state index contributed by atoms with van der Waals surface area (Å²) in [4.78, 5) is 54.1. The Balaban J connectivity index is 2.03. The Kier molecular flexibility index (Phi) is 3.46. The number of rotatable bonds is 0. The summed E-state index contributed by atoms with van der Waals surface area (Å²) in [6.07, 6.45) is 0.344. The lowest BCUT2D eigenvalue weighted by Gasteiger charge is -2.23. The molecule has 6 nitrogen and oxygen atoms in total. The van der Waals surface area contributed by atoms with Crippen molar-refractivity contribution in [3.63, 3.8) is 0 Å². The lowest BCUT2D eigenvalue weighted by Crippen LogP contribution is -2.40. The number of carbonyl (C=O) groups is 4. The Labute approximate surface area is 143 Å². The highest BCUT2D eigenvalue weighted by atomic mass is 16.2. The highest BCUT2D eigenvalue weighted by Gasteiger charge is 2.37. The first-order valence-electron chi connectivity index (χ1n) is 8.00. The fraction of sp³-hybridized carbons (Fsp3) is 0.158. The molecular weight excluding hydrogens is 320 g/mol. The smallest absolute Gasteiger partial charge is 0.261 e. The number of imide groups is 2. The second-order valence-corrected chi connectivity index (χ2v) is 5.97. The number of nitrogens with zero attached hydrogens (tertiary/aromatic N) is 2. The number of amides is 4. The Morgan fingerprint density at radius 1 is 0.520 bits per heavy atom. The van der Waals surface area contributed by atoms with E-state index >= 15 is 0 Å². The molecule has 0 fully saturated rings. The van der Waals surface area contributed by atoms with Gasteiger partial charge in [-0.2, -0.15) is 0 Å². The number of carbonyl (C=O) groups excluding carboxylic acids is 4. The normalized spacial score (nSPS) is 17.3. The van der Waals surface area contributed by atoms with Gasteiger partial charge in [0.2, 0.25) is 0 Å². The van der Waals surface area contributed by atoms with Gasteiger partial charge in [0, 0.05) is 13.1 Å². The quantitative estimate of drug-likeness (QED) is 0.690. The van der Waals surface area contributed by atoms with Crippen molar-refractivity contribution in [2.75, 3.05) is 13.1 Å². The van der Waals surface area contributed by atoms with Gasteiger partial charge in [0.05, 0.1) is 22.3 Å². The molecule has 0 N–H and O–H groups in total. The van der Waals surface area contributed by atoms with E-state index in [2.05, 4.69) is 0 Å². The van der Waals surface area contributed by atoms with Crippen LogP contribution in [0.15, 0.2) is 48.5 Å². The molecule has 4 amide bonds. The van der Waals surface area contributed by atoms with E-state index in [1.807, 2.05) is 0 Å². The number of fused-ring (bicyclic) bond motifs is 6. The van der Waals surface area contributed by atoms with Crippen LogP contribution in [0.5, 0.6) is 0 Å². The van der Waals surface area contributed by atoms with Crippen LogP contribution in [-0.4, -0.2) is 46.5 Å². The van der Waals surface area contributed by atoms with Crippen molar-refractivity contribution in [2.24, 2.45) is 0 Å². The van der Waals surface area contributed by atoms with Gasteiger partial charge in [-0.15, -0.1) is 0 Å². The lowest BCUT2D eigenvalue weighted by molar-refractivity contribution is 0.0603. The molecule has 2 aromatic rings. The van der Waals surface area contributed by atoms with Crippen LogP contribution in [0.2, 0.25) is 0 Å². The second kappa shape index (κ2) is 5.66. The molecule has 2 aliphatic heterocycles. The van der Waals surface area contributed by atoms with Gasteiger partial charge >= 0.3 is 0 Å². The summed E-state index contributed by atoms with van der Waals surface area (Å²) in [5.41, 5.74) is 0.555. The van der Waals surface area contributed by atoms with Gasteiger partial charge in [-0.05, 0) is 30.7 Å². The summed E-state index contributed by atoms with van der Waals surface area (Å²) in [6.45, 7) is 0.300. The minimum atomic E-state index is -0.514. The minimum absolute atomic E-state index is 0.139. The van der Waals surface area contributed by atoms with Crippen LogP contribution in [0.4, 0.5) is 0 Å². The topological polar surface area (TPSA) is 74.8 Å². The molecule has 0 saturated carbocycles. The maximum Gasteiger partial charge on any atom is 0.261 e. The molecule has 0 aromatic heterocycles. The van der Waals surface area contributed by atoms with E-state index in [9.17, 15) is 19.2 Å². The molecule has 0 unspecified atom stereocenters. The van der Waals surface area contributed by atoms with Gasteiger partial charge in [0.25, 0.3) is 23.6 Å². The third-order valence-corrected chi connectivity index (χ3v) is 4.52. The molecular formula is C19H14N2O4. The van der Waals surface area contributed by atoms with Gasteiger partial charge in [0.1, 0.15) is 0 Å². The molecule has 2 bridgehead atoms.